The molecule has 1 aromatic rings. The Morgan fingerprint density at radius 2 is 1.89 bits per heavy atom. The van der Waals surface area contributed by atoms with Crippen LogP contribution in [0, 0.1) is 11.7 Å². The van der Waals surface area contributed by atoms with E-state index in [2.05, 4.69) is 10.2 Å². The number of nitrogens with one attached hydrogen (secondary N) is 1. The van der Waals surface area contributed by atoms with E-state index in [9.17, 15) is 4.39 Å². The van der Waals surface area contributed by atoms with Crippen molar-refractivity contribution in [2.75, 3.05) is 26.7 Å². The fourth-order valence-corrected chi connectivity index (χ4v) is 2.63. The van der Waals surface area contributed by atoms with Gasteiger partial charge in [0.15, 0.2) is 0 Å². The van der Waals surface area contributed by atoms with Crippen LogP contribution in [0.3, 0.4) is 0 Å². The minimum atomic E-state index is -0.149. The molecule has 1 N–H and O–H groups in total. The summed E-state index contributed by atoms with van der Waals surface area (Å²) in [6.07, 6.45) is 3.88. The van der Waals surface area contributed by atoms with Crippen LogP contribution < -0.4 is 5.32 Å². The molecule has 2 nitrogen and oxygen atoms in total. The maximum Gasteiger partial charge on any atom is 0.123 e. The topological polar surface area (TPSA) is 15.3 Å². The van der Waals surface area contributed by atoms with Gasteiger partial charge in [-0.2, -0.15) is 0 Å². The molecule has 0 bridgehead atoms. The normalized spacial score (nSPS) is 18.1. The second kappa shape index (κ2) is 6.86. The first-order valence-corrected chi connectivity index (χ1v) is 6.89. The number of halogens is 1. The molecule has 3 heteroatoms. The van der Waals surface area contributed by atoms with Gasteiger partial charge in [-0.25, -0.2) is 4.39 Å². The van der Waals surface area contributed by atoms with E-state index in [0.717, 1.165) is 19.0 Å². The fraction of sp³-hybridized carbons (Fsp3) is 0.600. The Hall–Kier alpha value is -0.930. The van der Waals surface area contributed by atoms with E-state index in [0.29, 0.717) is 0 Å². The highest BCUT2D eigenvalue weighted by Gasteiger charge is 2.18. The molecule has 0 saturated carbocycles. The van der Waals surface area contributed by atoms with Crippen molar-refractivity contribution in [2.24, 2.45) is 5.92 Å². The van der Waals surface area contributed by atoms with Gasteiger partial charge >= 0.3 is 0 Å². The van der Waals surface area contributed by atoms with E-state index in [-0.39, 0.29) is 5.82 Å². The minimum absolute atomic E-state index is 0.149. The maximum absolute atomic E-state index is 12.8. The Labute approximate surface area is 109 Å². The third kappa shape index (κ3) is 4.07. The van der Waals surface area contributed by atoms with Gasteiger partial charge in [0.25, 0.3) is 0 Å². The first kappa shape index (κ1) is 13.5. The van der Waals surface area contributed by atoms with Gasteiger partial charge in [-0.1, -0.05) is 12.1 Å². The highest BCUT2D eigenvalue weighted by atomic mass is 19.1. The summed E-state index contributed by atoms with van der Waals surface area (Å²) in [5.74, 6) is 0.728. The van der Waals surface area contributed by atoms with Gasteiger partial charge in [-0.3, -0.25) is 4.90 Å². The van der Waals surface area contributed by atoms with Crippen LogP contribution in [0.25, 0.3) is 0 Å². The van der Waals surface area contributed by atoms with E-state index in [4.69, 9.17) is 0 Å². The van der Waals surface area contributed by atoms with Crippen LogP contribution in [0.2, 0.25) is 0 Å². The van der Waals surface area contributed by atoms with E-state index in [1.807, 2.05) is 19.2 Å². The molecular formula is C15H23FN2. The van der Waals surface area contributed by atoms with Gasteiger partial charge in [0.2, 0.25) is 0 Å². The zero-order valence-electron chi connectivity index (χ0n) is 11.2. The summed E-state index contributed by atoms with van der Waals surface area (Å²) in [5, 5.41) is 3.22. The highest BCUT2D eigenvalue weighted by Crippen LogP contribution is 2.21. The summed E-state index contributed by atoms with van der Waals surface area (Å²) in [7, 11) is 2.02. The lowest BCUT2D eigenvalue weighted by molar-refractivity contribution is 0.172. The zero-order valence-corrected chi connectivity index (χ0v) is 11.2. The standard InChI is InChI=1S/C15H23FN2/c1-17-9-6-13-7-10-18(11-8-13)12-14-2-4-15(16)5-3-14/h2-5,13,17H,6-12H2,1H3. The number of rotatable bonds is 5. The van der Waals surface area contributed by atoms with Gasteiger partial charge in [-0.15, -0.1) is 0 Å². The molecular weight excluding hydrogens is 227 g/mol. The molecule has 0 spiro atoms. The van der Waals surface area contributed by atoms with Crippen LogP contribution >= 0.6 is 0 Å². The molecule has 1 aromatic carbocycles. The van der Waals surface area contributed by atoms with E-state index in [1.54, 1.807) is 12.1 Å². The average molecular weight is 250 g/mol. The fourth-order valence-electron chi connectivity index (χ4n) is 2.63. The van der Waals surface area contributed by atoms with Crippen molar-refractivity contribution in [1.82, 2.24) is 10.2 Å². The van der Waals surface area contributed by atoms with Crippen molar-refractivity contribution in [1.29, 1.82) is 0 Å². The van der Waals surface area contributed by atoms with Crippen molar-refractivity contribution >= 4 is 0 Å². The Morgan fingerprint density at radius 3 is 2.50 bits per heavy atom. The van der Waals surface area contributed by atoms with E-state index in [1.165, 1.54) is 37.9 Å². The van der Waals surface area contributed by atoms with Crippen LogP contribution in [0.15, 0.2) is 24.3 Å². The summed E-state index contributed by atoms with van der Waals surface area (Å²) < 4.78 is 12.8. The molecule has 1 fully saturated rings. The number of likely N-dealkylation sites (tertiary alicyclic amines) is 1. The molecule has 0 atom stereocenters. The van der Waals surface area contributed by atoms with Crippen molar-refractivity contribution in [3.8, 4) is 0 Å². The van der Waals surface area contributed by atoms with Gasteiger partial charge < -0.3 is 5.32 Å². The average Bonchev–Trinajstić information content (AvgIpc) is 2.41. The Bertz CT molecular complexity index is 342. The molecule has 1 aliphatic heterocycles. The first-order valence-electron chi connectivity index (χ1n) is 6.89. The van der Waals surface area contributed by atoms with Crippen molar-refractivity contribution in [2.45, 2.75) is 25.8 Å². The van der Waals surface area contributed by atoms with Crippen LogP contribution in [0.1, 0.15) is 24.8 Å². The third-order valence-electron chi connectivity index (χ3n) is 3.83. The highest BCUT2D eigenvalue weighted by molar-refractivity contribution is 5.15. The van der Waals surface area contributed by atoms with Gasteiger partial charge in [0.05, 0.1) is 0 Å². The second-order valence-corrected chi connectivity index (χ2v) is 5.24. The summed E-state index contributed by atoms with van der Waals surface area (Å²) in [6.45, 7) is 4.43. The lowest BCUT2D eigenvalue weighted by Gasteiger charge is -2.32. The largest absolute Gasteiger partial charge is 0.320 e. The smallest absolute Gasteiger partial charge is 0.123 e. The van der Waals surface area contributed by atoms with Crippen molar-refractivity contribution < 1.29 is 4.39 Å². The Balaban J connectivity index is 1.74. The maximum atomic E-state index is 12.8. The van der Waals surface area contributed by atoms with Crippen LogP contribution in [0.4, 0.5) is 4.39 Å². The van der Waals surface area contributed by atoms with Gasteiger partial charge in [0.1, 0.15) is 5.82 Å². The second-order valence-electron chi connectivity index (χ2n) is 5.24. The van der Waals surface area contributed by atoms with Crippen molar-refractivity contribution in [3.05, 3.63) is 35.6 Å². The van der Waals surface area contributed by atoms with Crippen LogP contribution in [-0.2, 0) is 6.54 Å². The Morgan fingerprint density at radius 1 is 1.22 bits per heavy atom. The number of benzene rings is 1. The number of nitrogens with zero attached hydrogens (tertiary/aromatic N) is 1. The van der Waals surface area contributed by atoms with Gasteiger partial charge in [0, 0.05) is 6.54 Å². The summed E-state index contributed by atoms with van der Waals surface area (Å²) in [6, 6.07) is 6.88. The quantitative estimate of drug-likeness (QED) is 0.864. The molecule has 18 heavy (non-hydrogen) atoms. The van der Waals surface area contributed by atoms with Gasteiger partial charge in [-0.05, 0) is 69.6 Å². The molecule has 0 amide bonds. The summed E-state index contributed by atoms with van der Waals surface area (Å²) in [4.78, 5) is 2.48. The number of hydrogen-bond acceptors (Lipinski definition) is 2. The lowest BCUT2D eigenvalue weighted by atomic mass is 9.93. The summed E-state index contributed by atoms with van der Waals surface area (Å²) >= 11 is 0. The molecule has 0 unspecified atom stereocenters. The first-order chi connectivity index (χ1) is 8.78. The number of piperidine rings is 1. The monoisotopic (exact) mass is 250 g/mol. The molecule has 1 saturated heterocycles. The lowest BCUT2D eigenvalue weighted by Crippen LogP contribution is -2.34. The Kier molecular flexibility index (Phi) is 5.14. The van der Waals surface area contributed by atoms with Crippen LogP contribution in [0.5, 0.6) is 0 Å². The molecule has 0 radical (unpaired) electrons. The van der Waals surface area contributed by atoms with E-state index >= 15 is 0 Å². The van der Waals surface area contributed by atoms with Crippen molar-refractivity contribution in [3.63, 3.8) is 0 Å². The zero-order chi connectivity index (χ0) is 12.8. The SMILES string of the molecule is CNCCC1CCN(Cc2ccc(F)cc2)CC1. The van der Waals surface area contributed by atoms with E-state index < -0.39 is 0 Å². The molecule has 0 aliphatic carbocycles. The minimum Gasteiger partial charge on any atom is -0.320 e. The summed E-state index contributed by atoms with van der Waals surface area (Å²) in [5.41, 5.74) is 1.21. The molecule has 100 valence electrons. The molecule has 1 aliphatic rings. The number of hydrogen-bond donors (Lipinski definition) is 1. The third-order valence-corrected chi connectivity index (χ3v) is 3.83. The van der Waals surface area contributed by atoms with Crippen LogP contribution in [-0.4, -0.2) is 31.6 Å². The molecule has 0 aromatic heterocycles. The predicted molar refractivity (Wildman–Crippen MR) is 72.9 cm³/mol. The molecule has 2 rings (SSSR count). The predicted octanol–water partition coefficient (Wildman–Crippen LogP) is 2.65. The molecule has 1 heterocycles.